The van der Waals surface area contributed by atoms with Crippen LogP contribution in [0.2, 0.25) is 0 Å². The molecule has 1 N–H and O–H groups in total. The maximum Gasteiger partial charge on any atom is 0.306 e. The van der Waals surface area contributed by atoms with E-state index in [4.69, 9.17) is 5.11 Å². The molecule has 2 aromatic carbocycles. The Labute approximate surface area is 119 Å². The first-order valence-electron chi connectivity index (χ1n) is 7.02. The van der Waals surface area contributed by atoms with E-state index in [0.717, 1.165) is 12.0 Å². The van der Waals surface area contributed by atoms with Gasteiger partial charge < -0.3 is 5.11 Å². The van der Waals surface area contributed by atoms with E-state index in [1.165, 1.54) is 22.3 Å². The van der Waals surface area contributed by atoms with Gasteiger partial charge in [0.1, 0.15) is 0 Å². The zero-order valence-electron chi connectivity index (χ0n) is 11.8. The molecule has 0 aromatic heterocycles. The van der Waals surface area contributed by atoms with Crippen LogP contribution in [0, 0.1) is 5.92 Å². The molecule has 0 heterocycles. The molecule has 0 saturated heterocycles. The third kappa shape index (κ3) is 2.01. The average Bonchev–Trinajstić information content (AvgIpc) is 2.83. The molecule has 1 aliphatic carbocycles. The summed E-state index contributed by atoms with van der Waals surface area (Å²) in [7, 11) is 0. The molecule has 2 unspecified atom stereocenters. The molecule has 3 rings (SSSR count). The van der Waals surface area contributed by atoms with E-state index in [1.807, 2.05) is 6.92 Å². The van der Waals surface area contributed by atoms with Gasteiger partial charge in [-0.15, -0.1) is 0 Å². The molecule has 0 spiro atoms. The van der Waals surface area contributed by atoms with Gasteiger partial charge in [-0.05, 0) is 40.2 Å². The van der Waals surface area contributed by atoms with Crippen LogP contribution >= 0.6 is 0 Å². The van der Waals surface area contributed by atoms with Gasteiger partial charge in [0.2, 0.25) is 0 Å². The van der Waals surface area contributed by atoms with Crippen LogP contribution < -0.4 is 0 Å². The van der Waals surface area contributed by atoms with Crippen molar-refractivity contribution in [2.75, 3.05) is 0 Å². The highest BCUT2D eigenvalue weighted by Crippen LogP contribution is 2.38. The van der Waals surface area contributed by atoms with Crippen LogP contribution in [0.25, 0.3) is 11.1 Å². The minimum atomic E-state index is -0.735. The van der Waals surface area contributed by atoms with Gasteiger partial charge in [0.25, 0.3) is 0 Å². The maximum absolute atomic E-state index is 11.1. The Hall–Kier alpha value is -2.09. The van der Waals surface area contributed by atoms with Crippen LogP contribution in [-0.4, -0.2) is 11.1 Å². The van der Waals surface area contributed by atoms with Crippen molar-refractivity contribution >= 4 is 5.97 Å². The molecule has 2 nitrogen and oxygen atoms in total. The lowest BCUT2D eigenvalue weighted by atomic mass is 9.87. The number of benzene rings is 2. The Morgan fingerprint density at radius 3 is 2.50 bits per heavy atom. The molecule has 0 aliphatic heterocycles. The summed E-state index contributed by atoms with van der Waals surface area (Å²) in [5.74, 6) is -1.07. The SMILES string of the molecule is CC(C(=O)O)C(C)c1ccc2c(c1)Cc1ccccc1-2. The molecule has 1 aliphatic rings. The van der Waals surface area contributed by atoms with Gasteiger partial charge in [-0.1, -0.05) is 56.3 Å². The predicted molar refractivity (Wildman–Crippen MR) is 79.9 cm³/mol. The fourth-order valence-corrected chi connectivity index (χ4v) is 2.95. The summed E-state index contributed by atoms with van der Waals surface area (Å²) in [6.07, 6.45) is 0.952. The Morgan fingerprint density at radius 1 is 1.05 bits per heavy atom. The van der Waals surface area contributed by atoms with Crippen molar-refractivity contribution in [1.82, 2.24) is 0 Å². The molecule has 2 heteroatoms. The minimum Gasteiger partial charge on any atom is -0.481 e. The van der Waals surface area contributed by atoms with Crippen LogP contribution in [0.4, 0.5) is 0 Å². The van der Waals surface area contributed by atoms with Gasteiger partial charge in [0.15, 0.2) is 0 Å². The molecule has 2 atom stereocenters. The van der Waals surface area contributed by atoms with E-state index in [1.54, 1.807) is 6.92 Å². The van der Waals surface area contributed by atoms with Crippen molar-refractivity contribution in [3.05, 3.63) is 59.2 Å². The minimum absolute atomic E-state index is 0.0292. The monoisotopic (exact) mass is 266 g/mol. The molecule has 20 heavy (non-hydrogen) atoms. The number of hydrogen-bond donors (Lipinski definition) is 1. The molecule has 0 fully saturated rings. The molecule has 0 amide bonds. The van der Waals surface area contributed by atoms with Gasteiger partial charge >= 0.3 is 5.97 Å². The van der Waals surface area contributed by atoms with Gasteiger partial charge in [-0.3, -0.25) is 4.79 Å². The highest BCUT2D eigenvalue weighted by Gasteiger charge is 2.23. The predicted octanol–water partition coefficient (Wildman–Crippen LogP) is 4.08. The van der Waals surface area contributed by atoms with Crippen LogP contribution in [0.5, 0.6) is 0 Å². The lowest BCUT2D eigenvalue weighted by Crippen LogP contribution is -2.16. The second-order valence-electron chi connectivity index (χ2n) is 5.67. The molecule has 0 saturated carbocycles. The molecular formula is C18H18O2. The van der Waals surface area contributed by atoms with Crippen LogP contribution in [0.1, 0.15) is 36.5 Å². The first-order chi connectivity index (χ1) is 9.58. The number of fused-ring (bicyclic) bond motifs is 3. The van der Waals surface area contributed by atoms with Gasteiger partial charge in [-0.25, -0.2) is 0 Å². The normalized spacial score (nSPS) is 15.3. The second kappa shape index (κ2) is 4.78. The first kappa shape index (κ1) is 12.9. The van der Waals surface area contributed by atoms with Crippen LogP contribution in [0.15, 0.2) is 42.5 Å². The standard InChI is InChI=1S/C18H18O2/c1-11(12(2)18(19)20)13-7-8-17-15(9-13)10-14-5-3-4-6-16(14)17/h3-9,11-12H,10H2,1-2H3,(H,19,20). The summed E-state index contributed by atoms with van der Waals surface area (Å²) < 4.78 is 0. The molecule has 102 valence electrons. The maximum atomic E-state index is 11.1. The number of hydrogen-bond acceptors (Lipinski definition) is 1. The molecule has 0 radical (unpaired) electrons. The number of carbonyl (C=O) groups is 1. The Balaban J connectivity index is 1.97. The summed E-state index contributed by atoms with van der Waals surface area (Å²) in [5, 5.41) is 9.15. The number of rotatable bonds is 3. The number of carboxylic acids is 1. The van der Waals surface area contributed by atoms with Gasteiger partial charge in [0, 0.05) is 0 Å². The highest BCUT2D eigenvalue weighted by atomic mass is 16.4. The number of carboxylic acid groups (broad SMARTS) is 1. The average molecular weight is 266 g/mol. The summed E-state index contributed by atoms with van der Waals surface area (Å²) in [6.45, 7) is 3.76. The Kier molecular flexibility index (Phi) is 3.09. The third-order valence-electron chi connectivity index (χ3n) is 4.48. The van der Waals surface area contributed by atoms with E-state index in [2.05, 4.69) is 42.5 Å². The molecule has 0 bridgehead atoms. The number of aliphatic carboxylic acids is 1. The summed E-state index contributed by atoms with van der Waals surface area (Å²) in [6, 6.07) is 14.9. The summed E-state index contributed by atoms with van der Waals surface area (Å²) in [4.78, 5) is 11.1. The smallest absolute Gasteiger partial charge is 0.306 e. The topological polar surface area (TPSA) is 37.3 Å². The van der Waals surface area contributed by atoms with Crippen molar-refractivity contribution in [1.29, 1.82) is 0 Å². The van der Waals surface area contributed by atoms with Gasteiger partial charge in [0.05, 0.1) is 5.92 Å². The Bertz CT molecular complexity index is 673. The van der Waals surface area contributed by atoms with E-state index < -0.39 is 5.97 Å². The van der Waals surface area contributed by atoms with Gasteiger partial charge in [-0.2, -0.15) is 0 Å². The quantitative estimate of drug-likeness (QED) is 0.775. The molecular weight excluding hydrogens is 248 g/mol. The first-order valence-corrected chi connectivity index (χ1v) is 7.02. The van der Waals surface area contributed by atoms with Crippen LogP contribution in [0.3, 0.4) is 0 Å². The third-order valence-corrected chi connectivity index (χ3v) is 4.48. The van der Waals surface area contributed by atoms with Crippen molar-refractivity contribution in [2.24, 2.45) is 5.92 Å². The van der Waals surface area contributed by atoms with Crippen molar-refractivity contribution in [3.63, 3.8) is 0 Å². The summed E-state index contributed by atoms with van der Waals surface area (Å²) >= 11 is 0. The van der Waals surface area contributed by atoms with Crippen molar-refractivity contribution in [3.8, 4) is 11.1 Å². The van der Waals surface area contributed by atoms with E-state index in [9.17, 15) is 4.79 Å². The van der Waals surface area contributed by atoms with Crippen molar-refractivity contribution in [2.45, 2.75) is 26.2 Å². The summed E-state index contributed by atoms with van der Waals surface area (Å²) in [5.41, 5.74) is 6.39. The fourth-order valence-electron chi connectivity index (χ4n) is 2.95. The van der Waals surface area contributed by atoms with E-state index >= 15 is 0 Å². The largest absolute Gasteiger partial charge is 0.481 e. The van der Waals surface area contributed by atoms with Crippen LogP contribution in [-0.2, 0) is 11.2 Å². The zero-order chi connectivity index (χ0) is 14.3. The second-order valence-corrected chi connectivity index (χ2v) is 5.67. The van der Waals surface area contributed by atoms with Crippen molar-refractivity contribution < 1.29 is 9.90 Å². The highest BCUT2D eigenvalue weighted by molar-refractivity contribution is 5.77. The lowest BCUT2D eigenvalue weighted by Gasteiger charge is -2.17. The Morgan fingerprint density at radius 2 is 1.75 bits per heavy atom. The van der Waals surface area contributed by atoms with E-state index in [0.29, 0.717) is 0 Å². The lowest BCUT2D eigenvalue weighted by molar-refractivity contribution is -0.141. The molecule has 2 aromatic rings. The zero-order valence-corrected chi connectivity index (χ0v) is 11.8. The van der Waals surface area contributed by atoms with E-state index in [-0.39, 0.29) is 11.8 Å². The fraction of sp³-hybridized carbons (Fsp3) is 0.278.